The maximum absolute atomic E-state index is 13.8. The Kier molecular flexibility index (Phi) is 23.0. The Labute approximate surface area is 403 Å². The van der Waals surface area contributed by atoms with Gasteiger partial charge in [-0.15, -0.1) is 0 Å². The second kappa shape index (κ2) is 26.8. The topological polar surface area (TPSA) is 257 Å². The number of nitrogens with one attached hydrogen (secondary N) is 3. The number of amides is 2. The summed E-state index contributed by atoms with van der Waals surface area (Å²) in [5.41, 5.74) is -0.676. The Bertz CT molecular complexity index is 2230. The number of alkyl carbamates (subject to hydrolysis) is 2. The molecule has 3 aromatic carbocycles. The molecule has 0 aromatic heterocycles. The van der Waals surface area contributed by atoms with Gasteiger partial charge in [-0.1, -0.05) is 94.4 Å². The molecule has 0 spiro atoms. The number of ether oxygens (including phenoxy) is 2. The molecule has 0 fully saturated rings. The number of nitro benzene ring substituents is 1. The number of rotatable bonds is 23. The van der Waals surface area contributed by atoms with Gasteiger partial charge in [0.05, 0.1) is 46.2 Å². The summed E-state index contributed by atoms with van der Waals surface area (Å²) in [6, 6.07) is 26.3. The fourth-order valence-corrected chi connectivity index (χ4v) is 8.53. The van der Waals surface area contributed by atoms with E-state index in [4.69, 9.17) is 20.0 Å². The number of nitriles is 2. The molecule has 3 rings (SSSR count). The monoisotopic (exact) mass is 964 g/mol. The molecule has 0 heterocycles. The van der Waals surface area contributed by atoms with Crippen LogP contribution < -0.4 is 16.0 Å². The molecule has 0 aliphatic carbocycles. The van der Waals surface area contributed by atoms with E-state index in [9.17, 15) is 38.3 Å². The number of non-ortho nitro benzene ring substituents is 1. The molecule has 0 radical (unpaired) electrons. The number of sulfonamides is 1. The lowest BCUT2D eigenvalue weighted by Crippen LogP contribution is -2.52. The van der Waals surface area contributed by atoms with Gasteiger partial charge in [-0.25, -0.2) is 18.0 Å². The average molecular weight is 964 g/mol. The van der Waals surface area contributed by atoms with E-state index < -0.39 is 74.6 Å². The first kappa shape index (κ1) is 58.5. The van der Waals surface area contributed by atoms with E-state index >= 15 is 0 Å². The van der Waals surface area contributed by atoms with Crippen molar-refractivity contribution in [2.24, 2.45) is 10.8 Å². The Morgan fingerprint density at radius 3 is 1.62 bits per heavy atom. The number of hydrogen-bond acceptors (Lipinski definition) is 13. The van der Waals surface area contributed by atoms with Gasteiger partial charge in [-0.2, -0.15) is 14.8 Å². The van der Waals surface area contributed by atoms with Crippen LogP contribution in [0.2, 0.25) is 0 Å². The zero-order valence-electron chi connectivity index (χ0n) is 41.3. The molecule has 374 valence electrons. The first-order valence-corrected chi connectivity index (χ1v) is 24.1. The Morgan fingerprint density at radius 1 is 0.721 bits per heavy atom. The van der Waals surface area contributed by atoms with Crippen molar-refractivity contribution in [3.8, 4) is 12.1 Å². The van der Waals surface area contributed by atoms with Gasteiger partial charge in [0.2, 0.25) is 10.0 Å². The summed E-state index contributed by atoms with van der Waals surface area (Å²) in [7, 11) is -4.33. The standard InChI is InChI=1S/C28H38N4O7S.C22H35N3O3/c1-27(2,3)39-26(34)30-24(17-21-11-7-6-8-12-21)25(33)19-31(20-28(4,5)15-10-16-29)40(37,38)23-14-9-13-22(18-23)32(35)36;1-21(2,3)28-20(27)25-18(14-17-10-7-6-8-11-17)19(26)15-24-16-22(4,5)12-9-13-23/h6-9,11-14,18,24-25,33H,10,15,17,19-20H2,1-5H3,(H,30,34);6-8,10-11,18-19,24,26H,9,12,14-16H2,1-5H3,(H,25,27)/t24-,25?;18-,19?/m00/s1. The van der Waals surface area contributed by atoms with Gasteiger partial charge in [0.25, 0.3) is 5.69 Å². The lowest BCUT2D eigenvalue weighted by molar-refractivity contribution is -0.385. The van der Waals surface area contributed by atoms with Crippen molar-refractivity contribution in [3.63, 3.8) is 0 Å². The van der Waals surface area contributed by atoms with Crippen LogP contribution in [0.5, 0.6) is 0 Å². The van der Waals surface area contributed by atoms with Gasteiger partial charge in [0, 0.05) is 51.2 Å². The maximum atomic E-state index is 13.8. The number of carbonyl (C=O) groups is 2. The van der Waals surface area contributed by atoms with Crippen molar-refractivity contribution in [2.75, 3.05) is 26.2 Å². The molecule has 17 nitrogen and oxygen atoms in total. The molecule has 2 amide bonds. The Morgan fingerprint density at radius 2 is 1.18 bits per heavy atom. The van der Waals surface area contributed by atoms with Gasteiger partial charge in [-0.3, -0.25) is 10.1 Å². The quantitative estimate of drug-likeness (QED) is 0.0449. The van der Waals surface area contributed by atoms with Crippen molar-refractivity contribution in [1.29, 1.82) is 10.5 Å². The number of aliphatic hydroxyl groups excluding tert-OH is 2. The van der Waals surface area contributed by atoms with Crippen LogP contribution in [-0.4, -0.2) is 102 Å². The van der Waals surface area contributed by atoms with Crippen LogP contribution in [0.25, 0.3) is 0 Å². The molecule has 68 heavy (non-hydrogen) atoms. The SMILES string of the molecule is CC(C)(CCC#N)CN(CC(O)[C@H](Cc1ccccc1)NC(=O)OC(C)(C)C)S(=O)(=O)c1cccc([N+](=O)[O-])c1.CC(C)(CCC#N)CNCC(O)[C@H](Cc1ccccc1)NC(=O)OC(C)(C)C. The lowest BCUT2D eigenvalue weighted by atomic mass is 9.88. The molecule has 0 saturated carbocycles. The second-order valence-electron chi connectivity index (χ2n) is 20.3. The van der Waals surface area contributed by atoms with E-state index in [2.05, 4.69) is 41.9 Å². The summed E-state index contributed by atoms with van der Waals surface area (Å²) in [5.74, 6) is 0. The minimum atomic E-state index is -4.33. The molecular formula is C50H73N7O10S. The smallest absolute Gasteiger partial charge is 0.407 e. The van der Waals surface area contributed by atoms with Crippen molar-refractivity contribution in [3.05, 3.63) is 106 Å². The van der Waals surface area contributed by atoms with Gasteiger partial charge in [-0.05, 0) is 95.2 Å². The molecule has 18 heteroatoms. The van der Waals surface area contributed by atoms with Crippen LogP contribution in [0.15, 0.2) is 89.8 Å². The van der Waals surface area contributed by atoms with E-state index in [0.29, 0.717) is 32.4 Å². The molecule has 4 atom stereocenters. The molecule has 0 bridgehead atoms. The van der Waals surface area contributed by atoms with E-state index in [1.54, 1.807) is 55.4 Å². The fourth-order valence-electron chi connectivity index (χ4n) is 6.84. The van der Waals surface area contributed by atoms with E-state index in [1.807, 2.05) is 60.7 Å². The normalized spacial score (nSPS) is 13.9. The third-order valence-corrected chi connectivity index (χ3v) is 12.2. The van der Waals surface area contributed by atoms with Gasteiger partial charge < -0.3 is 35.6 Å². The van der Waals surface area contributed by atoms with Crippen LogP contribution in [0, 0.1) is 43.6 Å². The van der Waals surface area contributed by atoms with E-state index in [0.717, 1.165) is 27.9 Å². The van der Waals surface area contributed by atoms with E-state index in [-0.39, 0.29) is 35.4 Å². The molecule has 0 aliphatic rings. The highest BCUT2D eigenvalue weighted by Gasteiger charge is 2.36. The maximum Gasteiger partial charge on any atom is 0.407 e. The van der Waals surface area contributed by atoms with Crippen molar-refractivity contribution in [2.45, 2.75) is 148 Å². The first-order valence-electron chi connectivity index (χ1n) is 22.7. The van der Waals surface area contributed by atoms with Gasteiger partial charge in [0.1, 0.15) is 11.2 Å². The van der Waals surface area contributed by atoms with Crippen LogP contribution in [0.1, 0.15) is 106 Å². The number of aliphatic hydroxyl groups is 2. The largest absolute Gasteiger partial charge is 0.444 e. The Hall–Kier alpha value is -5.63. The molecule has 0 aliphatic heterocycles. The highest BCUT2D eigenvalue weighted by Crippen LogP contribution is 2.29. The zero-order valence-corrected chi connectivity index (χ0v) is 42.1. The summed E-state index contributed by atoms with van der Waals surface area (Å²) in [5, 5.41) is 60.0. The molecule has 3 aromatic rings. The predicted octanol–water partition coefficient (Wildman–Crippen LogP) is 7.82. The van der Waals surface area contributed by atoms with Gasteiger partial charge >= 0.3 is 12.2 Å². The van der Waals surface area contributed by atoms with Crippen molar-refractivity contribution >= 4 is 27.9 Å². The zero-order chi connectivity index (χ0) is 51.3. The second-order valence-corrected chi connectivity index (χ2v) is 22.3. The highest BCUT2D eigenvalue weighted by molar-refractivity contribution is 7.89. The molecular weight excluding hydrogens is 891 g/mol. The Balaban J connectivity index is 0.000000498. The highest BCUT2D eigenvalue weighted by atomic mass is 32.2. The number of carbonyl (C=O) groups excluding carboxylic acids is 2. The van der Waals surface area contributed by atoms with Crippen molar-refractivity contribution < 1.29 is 42.6 Å². The number of nitro groups is 1. The predicted molar refractivity (Wildman–Crippen MR) is 261 cm³/mol. The van der Waals surface area contributed by atoms with Crippen LogP contribution in [0.4, 0.5) is 15.3 Å². The van der Waals surface area contributed by atoms with Crippen LogP contribution in [0.3, 0.4) is 0 Å². The molecule has 2 unspecified atom stereocenters. The molecule has 0 saturated heterocycles. The van der Waals surface area contributed by atoms with E-state index in [1.165, 1.54) is 18.2 Å². The number of benzene rings is 3. The van der Waals surface area contributed by atoms with Crippen LogP contribution >= 0.6 is 0 Å². The summed E-state index contributed by atoms with van der Waals surface area (Å²) in [4.78, 5) is 35.2. The minimum Gasteiger partial charge on any atom is -0.444 e. The summed E-state index contributed by atoms with van der Waals surface area (Å²) in [6.07, 6.45) is -0.917. The third-order valence-electron chi connectivity index (χ3n) is 10.4. The first-order chi connectivity index (χ1) is 31.6. The number of nitrogens with zero attached hydrogens (tertiary/aromatic N) is 4. The van der Waals surface area contributed by atoms with Crippen LogP contribution in [-0.2, 0) is 32.3 Å². The summed E-state index contributed by atoms with van der Waals surface area (Å²) >= 11 is 0. The third kappa shape index (κ3) is 22.9. The lowest BCUT2D eigenvalue weighted by Gasteiger charge is -2.35. The number of hydrogen-bond donors (Lipinski definition) is 5. The van der Waals surface area contributed by atoms with Crippen molar-refractivity contribution in [1.82, 2.24) is 20.3 Å². The fraction of sp³-hybridized carbons (Fsp3) is 0.560. The molecule has 5 N–H and O–H groups in total. The average Bonchev–Trinajstić information content (AvgIpc) is 3.23. The summed E-state index contributed by atoms with van der Waals surface area (Å²) < 4.78 is 39.4. The van der Waals surface area contributed by atoms with Gasteiger partial charge in [0.15, 0.2) is 0 Å². The minimum absolute atomic E-state index is 0.0387. The summed E-state index contributed by atoms with van der Waals surface area (Å²) in [6.45, 7) is 18.8.